The SMILES string of the molecule is CC(=O)c1cc(CC(=O)N[C@@H](C)c2ncccc2C)cs1. The maximum absolute atomic E-state index is 12.1. The smallest absolute Gasteiger partial charge is 0.224 e. The van der Waals surface area contributed by atoms with Gasteiger partial charge < -0.3 is 5.32 Å². The number of carbonyl (C=O) groups excluding carboxylic acids is 2. The molecule has 0 aliphatic heterocycles. The Morgan fingerprint density at radius 2 is 2.19 bits per heavy atom. The molecule has 4 nitrogen and oxygen atoms in total. The first kappa shape index (κ1) is 15.4. The van der Waals surface area contributed by atoms with Gasteiger partial charge in [0.15, 0.2) is 5.78 Å². The van der Waals surface area contributed by atoms with E-state index >= 15 is 0 Å². The molecule has 0 aliphatic carbocycles. The number of rotatable bonds is 5. The van der Waals surface area contributed by atoms with Gasteiger partial charge in [-0.3, -0.25) is 14.6 Å². The lowest BCUT2D eigenvalue weighted by molar-refractivity contribution is -0.121. The van der Waals surface area contributed by atoms with Crippen LogP contribution in [-0.2, 0) is 11.2 Å². The van der Waals surface area contributed by atoms with Crippen LogP contribution in [0.15, 0.2) is 29.8 Å². The van der Waals surface area contributed by atoms with Crippen LogP contribution in [0.5, 0.6) is 0 Å². The largest absolute Gasteiger partial charge is 0.348 e. The Balaban J connectivity index is 1.98. The minimum atomic E-state index is -0.135. The number of aromatic nitrogens is 1. The molecule has 2 rings (SSSR count). The number of nitrogens with zero attached hydrogens (tertiary/aromatic N) is 1. The summed E-state index contributed by atoms with van der Waals surface area (Å²) in [5, 5.41) is 4.80. The molecule has 0 spiro atoms. The van der Waals surface area contributed by atoms with Crippen molar-refractivity contribution in [1.29, 1.82) is 0 Å². The summed E-state index contributed by atoms with van der Waals surface area (Å²) in [7, 11) is 0. The normalized spacial score (nSPS) is 12.0. The van der Waals surface area contributed by atoms with Gasteiger partial charge in [-0.05, 0) is 49.4 Å². The van der Waals surface area contributed by atoms with E-state index in [1.807, 2.05) is 31.4 Å². The number of nitrogens with one attached hydrogen (secondary N) is 1. The van der Waals surface area contributed by atoms with Crippen LogP contribution in [0.2, 0.25) is 0 Å². The molecular weight excluding hydrogens is 284 g/mol. The maximum atomic E-state index is 12.1. The zero-order valence-corrected chi connectivity index (χ0v) is 13.2. The van der Waals surface area contributed by atoms with Crippen molar-refractivity contribution in [3.05, 3.63) is 51.5 Å². The van der Waals surface area contributed by atoms with Crippen molar-refractivity contribution in [3.63, 3.8) is 0 Å². The number of pyridine rings is 1. The van der Waals surface area contributed by atoms with Gasteiger partial charge in [-0.2, -0.15) is 0 Å². The fourth-order valence-electron chi connectivity index (χ4n) is 2.15. The van der Waals surface area contributed by atoms with Crippen LogP contribution >= 0.6 is 11.3 Å². The topological polar surface area (TPSA) is 59.1 Å². The van der Waals surface area contributed by atoms with Crippen molar-refractivity contribution in [1.82, 2.24) is 10.3 Å². The second kappa shape index (κ2) is 6.63. The molecule has 2 heterocycles. The van der Waals surface area contributed by atoms with Crippen molar-refractivity contribution in [2.75, 3.05) is 0 Å². The third-order valence-electron chi connectivity index (χ3n) is 3.20. The molecular formula is C16H18N2O2S. The molecule has 2 aromatic heterocycles. The molecule has 5 heteroatoms. The Morgan fingerprint density at radius 1 is 1.43 bits per heavy atom. The van der Waals surface area contributed by atoms with E-state index in [2.05, 4.69) is 10.3 Å². The number of aryl methyl sites for hydroxylation is 1. The first-order chi connectivity index (χ1) is 9.97. The van der Waals surface area contributed by atoms with Gasteiger partial charge in [0.2, 0.25) is 5.91 Å². The lowest BCUT2D eigenvalue weighted by atomic mass is 10.1. The number of amides is 1. The molecule has 2 aromatic rings. The number of carbonyl (C=O) groups is 2. The number of thiophene rings is 1. The summed E-state index contributed by atoms with van der Waals surface area (Å²) < 4.78 is 0. The Morgan fingerprint density at radius 3 is 2.81 bits per heavy atom. The standard InChI is InChI=1S/C16H18N2O2S/c1-10-5-4-6-17-16(10)11(2)18-15(20)8-13-7-14(12(3)19)21-9-13/h4-7,9,11H,8H2,1-3H3,(H,18,20)/t11-/m0/s1. The van der Waals surface area contributed by atoms with Crippen LogP contribution in [0.4, 0.5) is 0 Å². The highest BCUT2D eigenvalue weighted by molar-refractivity contribution is 7.12. The van der Waals surface area contributed by atoms with Crippen molar-refractivity contribution in [3.8, 4) is 0 Å². The third kappa shape index (κ3) is 3.98. The van der Waals surface area contributed by atoms with E-state index in [0.29, 0.717) is 4.88 Å². The van der Waals surface area contributed by atoms with Gasteiger partial charge in [0.1, 0.15) is 0 Å². The van der Waals surface area contributed by atoms with Gasteiger partial charge in [0, 0.05) is 6.20 Å². The molecule has 0 radical (unpaired) electrons. The second-order valence-corrected chi connectivity index (χ2v) is 5.96. The van der Waals surface area contributed by atoms with E-state index in [0.717, 1.165) is 16.8 Å². The van der Waals surface area contributed by atoms with Gasteiger partial charge in [0.05, 0.1) is 23.0 Å². The van der Waals surface area contributed by atoms with Crippen molar-refractivity contribution >= 4 is 23.0 Å². The minimum absolute atomic E-state index is 0.0316. The zero-order valence-electron chi connectivity index (χ0n) is 12.3. The van der Waals surface area contributed by atoms with Crippen molar-refractivity contribution in [2.24, 2.45) is 0 Å². The fraction of sp³-hybridized carbons (Fsp3) is 0.312. The molecule has 0 saturated heterocycles. The average molecular weight is 302 g/mol. The summed E-state index contributed by atoms with van der Waals surface area (Å²) in [5.74, 6) is -0.0374. The van der Waals surface area contributed by atoms with Gasteiger partial charge in [0.25, 0.3) is 0 Å². The zero-order chi connectivity index (χ0) is 15.4. The highest BCUT2D eigenvalue weighted by atomic mass is 32.1. The van der Waals surface area contributed by atoms with Crippen molar-refractivity contribution < 1.29 is 9.59 Å². The number of hydrogen-bond acceptors (Lipinski definition) is 4. The predicted octanol–water partition coefficient (Wildman–Crippen LogP) is 3.07. The molecule has 110 valence electrons. The summed E-state index contributed by atoms with van der Waals surface area (Å²) in [6, 6.07) is 5.50. The van der Waals surface area contributed by atoms with Gasteiger partial charge in [-0.15, -0.1) is 11.3 Å². The molecule has 1 N–H and O–H groups in total. The maximum Gasteiger partial charge on any atom is 0.224 e. The summed E-state index contributed by atoms with van der Waals surface area (Å²) in [6.45, 7) is 5.42. The predicted molar refractivity (Wildman–Crippen MR) is 83.6 cm³/mol. The monoisotopic (exact) mass is 302 g/mol. The second-order valence-electron chi connectivity index (χ2n) is 5.05. The Kier molecular flexibility index (Phi) is 4.85. The van der Waals surface area contributed by atoms with E-state index in [-0.39, 0.29) is 24.2 Å². The fourth-order valence-corrected chi connectivity index (χ4v) is 2.97. The quantitative estimate of drug-likeness (QED) is 0.864. The molecule has 0 unspecified atom stereocenters. The van der Waals surface area contributed by atoms with E-state index in [1.54, 1.807) is 12.3 Å². The minimum Gasteiger partial charge on any atom is -0.348 e. The molecule has 1 amide bonds. The van der Waals surface area contributed by atoms with Crippen LogP contribution in [0.25, 0.3) is 0 Å². The average Bonchev–Trinajstić information content (AvgIpc) is 2.87. The molecule has 0 aromatic carbocycles. The molecule has 21 heavy (non-hydrogen) atoms. The summed E-state index contributed by atoms with van der Waals surface area (Å²) >= 11 is 1.38. The summed E-state index contributed by atoms with van der Waals surface area (Å²) in [5.41, 5.74) is 2.80. The van der Waals surface area contributed by atoms with Gasteiger partial charge >= 0.3 is 0 Å². The summed E-state index contributed by atoms with van der Waals surface area (Å²) in [6.07, 6.45) is 2.00. The Labute approximate surface area is 128 Å². The number of hydrogen-bond donors (Lipinski definition) is 1. The molecule has 1 atom stereocenters. The third-order valence-corrected chi connectivity index (χ3v) is 4.28. The highest BCUT2D eigenvalue weighted by Gasteiger charge is 2.14. The lowest BCUT2D eigenvalue weighted by Gasteiger charge is -2.15. The van der Waals surface area contributed by atoms with Crippen LogP contribution < -0.4 is 5.32 Å². The van der Waals surface area contributed by atoms with Crippen LogP contribution in [0.3, 0.4) is 0 Å². The van der Waals surface area contributed by atoms with Crippen LogP contribution in [0.1, 0.15) is 46.4 Å². The Bertz CT molecular complexity index is 664. The molecule has 0 aliphatic rings. The van der Waals surface area contributed by atoms with E-state index in [4.69, 9.17) is 0 Å². The van der Waals surface area contributed by atoms with Gasteiger partial charge in [-0.25, -0.2) is 0 Å². The van der Waals surface area contributed by atoms with Crippen molar-refractivity contribution in [2.45, 2.75) is 33.2 Å². The number of Topliss-reactive ketones (excluding diaryl/α,β-unsaturated/α-hetero) is 1. The molecule has 0 saturated carbocycles. The van der Waals surface area contributed by atoms with Gasteiger partial charge in [-0.1, -0.05) is 6.07 Å². The molecule has 0 fully saturated rings. The van der Waals surface area contributed by atoms with Crippen LogP contribution in [0, 0.1) is 6.92 Å². The number of ketones is 1. The van der Waals surface area contributed by atoms with E-state index in [9.17, 15) is 9.59 Å². The summed E-state index contributed by atoms with van der Waals surface area (Å²) in [4.78, 5) is 28.3. The highest BCUT2D eigenvalue weighted by Crippen LogP contribution is 2.17. The van der Waals surface area contributed by atoms with E-state index in [1.165, 1.54) is 18.3 Å². The van der Waals surface area contributed by atoms with Crippen LogP contribution in [-0.4, -0.2) is 16.7 Å². The lowest BCUT2D eigenvalue weighted by Crippen LogP contribution is -2.29. The first-order valence-electron chi connectivity index (χ1n) is 6.76. The van der Waals surface area contributed by atoms with E-state index < -0.39 is 0 Å². The molecule has 0 bridgehead atoms. The Hall–Kier alpha value is -2.01. The first-order valence-corrected chi connectivity index (χ1v) is 7.64.